The quantitative estimate of drug-likeness (QED) is 0.159. The lowest BCUT2D eigenvalue weighted by atomic mass is 10.2. The molecule has 4 aromatic carbocycles. The fourth-order valence-electron chi connectivity index (χ4n) is 3.64. The molecule has 0 unspecified atom stereocenters. The smallest absolute Gasteiger partial charge is 0.271 e. The highest BCUT2D eigenvalue weighted by Gasteiger charge is 2.10. The van der Waals surface area contributed by atoms with Gasteiger partial charge >= 0.3 is 0 Å². The molecule has 200 valence electrons. The SMILES string of the molecule is CCOc1cc(/C=N/NC(=O)c2ccc(Cl)cc2)ccc1OCc1ccc(OCc2ccccc2)c(OC)c1. The minimum Gasteiger partial charge on any atom is -0.493 e. The molecular formula is C31H29ClN2O5. The molecule has 0 aliphatic heterocycles. The number of carbonyl (C=O) groups excluding carboxylic acids is 1. The van der Waals surface area contributed by atoms with E-state index in [-0.39, 0.29) is 5.91 Å². The molecule has 0 saturated heterocycles. The third-order valence-corrected chi connectivity index (χ3v) is 5.87. The number of nitrogens with zero attached hydrogens (tertiary/aromatic N) is 1. The molecular weight excluding hydrogens is 516 g/mol. The average molecular weight is 545 g/mol. The maximum Gasteiger partial charge on any atom is 0.271 e. The summed E-state index contributed by atoms with van der Waals surface area (Å²) in [7, 11) is 1.61. The van der Waals surface area contributed by atoms with Crippen LogP contribution in [0.1, 0.15) is 34.0 Å². The van der Waals surface area contributed by atoms with Crippen molar-refractivity contribution in [3.05, 3.63) is 118 Å². The summed E-state index contributed by atoms with van der Waals surface area (Å²) in [5, 5.41) is 4.61. The summed E-state index contributed by atoms with van der Waals surface area (Å²) in [6, 6.07) is 27.7. The first-order valence-electron chi connectivity index (χ1n) is 12.4. The van der Waals surface area contributed by atoms with E-state index in [4.69, 9.17) is 30.5 Å². The van der Waals surface area contributed by atoms with Crippen molar-refractivity contribution in [1.82, 2.24) is 5.43 Å². The number of halogens is 1. The second-order valence-corrected chi connectivity index (χ2v) is 8.83. The van der Waals surface area contributed by atoms with Crippen molar-refractivity contribution in [2.45, 2.75) is 20.1 Å². The highest BCUT2D eigenvalue weighted by Crippen LogP contribution is 2.32. The van der Waals surface area contributed by atoms with E-state index in [1.165, 1.54) is 0 Å². The number of carbonyl (C=O) groups is 1. The molecule has 0 aliphatic rings. The second kappa shape index (κ2) is 13.9. The van der Waals surface area contributed by atoms with Crippen LogP contribution >= 0.6 is 11.6 Å². The summed E-state index contributed by atoms with van der Waals surface area (Å²) >= 11 is 5.87. The van der Waals surface area contributed by atoms with Crippen LogP contribution in [-0.4, -0.2) is 25.8 Å². The zero-order valence-corrected chi connectivity index (χ0v) is 22.5. The lowest BCUT2D eigenvalue weighted by Crippen LogP contribution is -2.17. The van der Waals surface area contributed by atoms with Gasteiger partial charge < -0.3 is 18.9 Å². The van der Waals surface area contributed by atoms with E-state index in [1.807, 2.05) is 67.6 Å². The Hall–Kier alpha value is -4.49. The van der Waals surface area contributed by atoms with Crippen LogP contribution < -0.4 is 24.4 Å². The molecule has 39 heavy (non-hydrogen) atoms. The molecule has 0 atom stereocenters. The topological polar surface area (TPSA) is 78.4 Å². The molecule has 0 saturated carbocycles. The Morgan fingerprint density at radius 3 is 2.21 bits per heavy atom. The van der Waals surface area contributed by atoms with Crippen molar-refractivity contribution in [2.75, 3.05) is 13.7 Å². The molecule has 1 N–H and O–H groups in total. The van der Waals surface area contributed by atoms with Gasteiger partial charge in [0.25, 0.3) is 5.91 Å². The van der Waals surface area contributed by atoms with Gasteiger partial charge in [-0.25, -0.2) is 5.43 Å². The lowest BCUT2D eigenvalue weighted by molar-refractivity contribution is 0.0955. The van der Waals surface area contributed by atoms with Crippen LogP contribution in [0.3, 0.4) is 0 Å². The molecule has 0 heterocycles. The molecule has 8 heteroatoms. The van der Waals surface area contributed by atoms with E-state index < -0.39 is 0 Å². The van der Waals surface area contributed by atoms with Gasteiger partial charge in [0, 0.05) is 10.6 Å². The Kier molecular flexibility index (Phi) is 9.80. The first kappa shape index (κ1) is 27.5. The second-order valence-electron chi connectivity index (χ2n) is 8.39. The first-order chi connectivity index (χ1) is 19.1. The van der Waals surface area contributed by atoms with Gasteiger partial charge in [-0.1, -0.05) is 48.0 Å². The fraction of sp³-hybridized carbons (Fsp3) is 0.161. The monoisotopic (exact) mass is 544 g/mol. The molecule has 4 aromatic rings. The molecule has 0 aliphatic carbocycles. The summed E-state index contributed by atoms with van der Waals surface area (Å²) in [5.41, 5.74) is 5.70. The maximum absolute atomic E-state index is 12.2. The standard InChI is InChI=1S/C31H29ClN2O5/c1-3-37-30-17-23(19-33-34-31(35)25-11-13-26(32)14-12-25)9-15-28(30)39-21-24-10-16-27(29(18-24)36-2)38-20-22-7-5-4-6-8-22/h4-19H,3,20-21H2,1-2H3,(H,34,35)/b33-19+. The zero-order valence-electron chi connectivity index (χ0n) is 21.7. The molecule has 0 spiro atoms. The van der Waals surface area contributed by atoms with Crippen molar-refractivity contribution in [3.63, 3.8) is 0 Å². The molecule has 0 radical (unpaired) electrons. The van der Waals surface area contributed by atoms with E-state index in [1.54, 1.807) is 43.7 Å². The lowest BCUT2D eigenvalue weighted by Gasteiger charge is -2.15. The van der Waals surface area contributed by atoms with E-state index >= 15 is 0 Å². The van der Waals surface area contributed by atoms with Crippen LogP contribution in [0.2, 0.25) is 5.02 Å². The van der Waals surface area contributed by atoms with Crippen LogP contribution in [0.4, 0.5) is 0 Å². The minimum absolute atomic E-state index is 0.306. The maximum atomic E-state index is 12.2. The third-order valence-electron chi connectivity index (χ3n) is 5.61. The molecule has 4 rings (SSSR count). The fourth-order valence-corrected chi connectivity index (χ4v) is 3.77. The predicted molar refractivity (Wildman–Crippen MR) is 152 cm³/mol. The van der Waals surface area contributed by atoms with Gasteiger partial charge in [-0.3, -0.25) is 4.79 Å². The zero-order chi connectivity index (χ0) is 27.5. The van der Waals surface area contributed by atoms with Crippen molar-refractivity contribution in [3.8, 4) is 23.0 Å². The number of methoxy groups -OCH3 is 1. The minimum atomic E-state index is -0.334. The van der Waals surface area contributed by atoms with Gasteiger partial charge in [0.2, 0.25) is 0 Å². The number of ether oxygens (including phenoxy) is 4. The van der Waals surface area contributed by atoms with Gasteiger partial charge in [-0.05, 0) is 78.2 Å². The Morgan fingerprint density at radius 1 is 0.795 bits per heavy atom. The number of hydrogen-bond acceptors (Lipinski definition) is 6. The summed E-state index contributed by atoms with van der Waals surface area (Å²) in [4.78, 5) is 12.2. The van der Waals surface area contributed by atoms with Gasteiger partial charge in [0.1, 0.15) is 13.2 Å². The van der Waals surface area contributed by atoms with Crippen LogP contribution in [0, 0.1) is 0 Å². The van der Waals surface area contributed by atoms with Crippen molar-refractivity contribution in [1.29, 1.82) is 0 Å². The summed E-state index contributed by atoms with van der Waals surface area (Å²) in [6.45, 7) is 3.12. The largest absolute Gasteiger partial charge is 0.493 e. The predicted octanol–water partition coefficient (Wildman–Crippen LogP) is 6.67. The molecule has 0 fully saturated rings. The van der Waals surface area contributed by atoms with Crippen molar-refractivity contribution < 1.29 is 23.7 Å². The van der Waals surface area contributed by atoms with Gasteiger partial charge in [0.15, 0.2) is 23.0 Å². The highest BCUT2D eigenvalue weighted by atomic mass is 35.5. The van der Waals surface area contributed by atoms with Crippen LogP contribution in [0.25, 0.3) is 0 Å². The number of benzene rings is 4. The van der Waals surface area contributed by atoms with E-state index in [9.17, 15) is 4.79 Å². The van der Waals surface area contributed by atoms with Crippen molar-refractivity contribution in [2.24, 2.45) is 5.10 Å². The van der Waals surface area contributed by atoms with Gasteiger partial charge in [0.05, 0.1) is 19.9 Å². The number of rotatable bonds is 12. The first-order valence-corrected chi connectivity index (χ1v) is 12.8. The molecule has 1 amide bonds. The highest BCUT2D eigenvalue weighted by molar-refractivity contribution is 6.30. The van der Waals surface area contributed by atoms with E-state index in [0.717, 1.165) is 16.7 Å². The summed E-state index contributed by atoms with van der Waals surface area (Å²) < 4.78 is 23.3. The van der Waals surface area contributed by atoms with Crippen molar-refractivity contribution >= 4 is 23.7 Å². The Labute approximate surface area is 232 Å². The molecule has 0 bridgehead atoms. The van der Waals surface area contributed by atoms with Crippen LogP contribution in [-0.2, 0) is 13.2 Å². The number of hydrazone groups is 1. The van der Waals surface area contributed by atoms with Crippen LogP contribution in [0.15, 0.2) is 96.1 Å². The number of hydrogen-bond donors (Lipinski definition) is 1. The van der Waals surface area contributed by atoms with Crippen LogP contribution in [0.5, 0.6) is 23.0 Å². The normalized spacial score (nSPS) is 10.7. The van der Waals surface area contributed by atoms with E-state index in [0.29, 0.717) is 53.4 Å². The summed E-state index contributed by atoms with van der Waals surface area (Å²) in [5.74, 6) is 2.11. The van der Waals surface area contributed by atoms with E-state index in [2.05, 4.69) is 10.5 Å². The summed E-state index contributed by atoms with van der Waals surface area (Å²) in [6.07, 6.45) is 1.54. The molecule has 7 nitrogen and oxygen atoms in total. The number of nitrogens with one attached hydrogen (secondary N) is 1. The molecule has 0 aromatic heterocycles. The average Bonchev–Trinajstić information content (AvgIpc) is 2.97. The number of amides is 1. The Bertz CT molecular complexity index is 1410. The Balaban J connectivity index is 1.37. The van der Waals surface area contributed by atoms with Gasteiger partial charge in [-0.15, -0.1) is 0 Å². The third kappa shape index (κ3) is 7.99. The Morgan fingerprint density at radius 2 is 1.49 bits per heavy atom. The van der Waals surface area contributed by atoms with Gasteiger partial charge in [-0.2, -0.15) is 5.10 Å².